The third-order valence-corrected chi connectivity index (χ3v) is 4.85. The summed E-state index contributed by atoms with van der Waals surface area (Å²) in [6, 6.07) is 0.450. The van der Waals surface area contributed by atoms with Crippen molar-refractivity contribution >= 4 is 35.1 Å². The van der Waals surface area contributed by atoms with Crippen LogP contribution in [0.2, 0.25) is 5.02 Å². The number of thioether (sulfide) groups is 1. The van der Waals surface area contributed by atoms with Gasteiger partial charge in [-0.05, 0) is 26.0 Å². The van der Waals surface area contributed by atoms with Gasteiger partial charge in [0.1, 0.15) is 5.02 Å². The molecule has 1 aromatic heterocycles. The van der Waals surface area contributed by atoms with Crippen molar-refractivity contribution in [1.82, 2.24) is 9.97 Å². The third kappa shape index (κ3) is 3.89. The lowest BCUT2D eigenvalue weighted by atomic mass is 9.95. The number of hydrogen-bond donors (Lipinski definition) is 2. The van der Waals surface area contributed by atoms with Gasteiger partial charge in [0.05, 0.1) is 6.20 Å². The fourth-order valence-corrected chi connectivity index (χ4v) is 3.51. The lowest BCUT2D eigenvalue weighted by Crippen LogP contribution is -2.34. The summed E-state index contributed by atoms with van der Waals surface area (Å²) < 4.78 is 0. The molecule has 1 aliphatic carbocycles. The van der Waals surface area contributed by atoms with Gasteiger partial charge in [-0.1, -0.05) is 24.4 Å². The molecule has 0 radical (unpaired) electrons. The number of halogens is 1. The summed E-state index contributed by atoms with van der Waals surface area (Å²) in [4.78, 5) is 8.61. The monoisotopic (exact) mass is 300 g/mol. The molecule has 2 unspecified atom stereocenters. The maximum Gasteiger partial charge on any atom is 0.224 e. The predicted molar refractivity (Wildman–Crippen MR) is 84.4 cm³/mol. The summed E-state index contributed by atoms with van der Waals surface area (Å²) in [7, 11) is 0. The first-order chi connectivity index (χ1) is 9.24. The minimum Gasteiger partial charge on any atom is -0.365 e. The van der Waals surface area contributed by atoms with Gasteiger partial charge in [0.25, 0.3) is 0 Å². The number of anilines is 2. The molecular formula is C13H21ClN4S. The molecule has 0 aromatic carbocycles. The highest BCUT2D eigenvalue weighted by Gasteiger charge is 2.25. The summed E-state index contributed by atoms with van der Waals surface area (Å²) >= 11 is 8.11. The second-order valence-electron chi connectivity index (χ2n) is 4.73. The Morgan fingerprint density at radius 3 is 2.95 bits per heavy atom. The Bertz CT molecular complexity index is 416. The highest BCUT2D eigenvalue weighted by Crippen LogP contribution is 2.31. The van der Waals surface area contributed by atoms with Gasteiger partial charge in [0, 0.05) is 17.8 Å². The Kier molecular flexibility index (Phi) is 5.58. The SMILES string of the molecule is CCNc1ncc(Cl)c(NC2CCCCC2SC)n1. The summed E-state index contributed by atoms with van der Waals surface area (Å²) in [5, 5.41) is 7.85. The molecule has 19 heavy (non-hydrogen) atoms. The van der Waals surface area contributed by atoms with Crippen LogP contribution in [0.3, 0.4) is 0 Å². The summed E-state index contributed by atoms with van der Waals surface area (Å²) in [5.74, 6) is 1.38. The van der Waals surface area contributed by atoms with Gasteiger partial charge in [-0.25, -0.2) is 4.98 Å². The molecular weight excluding hydrogens is 280 g/mol. The van der Waals surface area contributed by atoms with E-state index in [4.69, 9.17) is 11.6 Å². The molecule has 4 nitrogen and oxygen atoms in total. The highest BCUT2D eigenvalue weighted by molar-refractivity contribution is 7.99. The molecule has 0 saturated heterocycles. The van der Waals surface area contributed by atoms with Crippen molar-refractivity contribution in [1.29, 1.82) is 0 Å². The van der Waals surface area contributed by atoms with Gasteiger partial charge in [-0.3, -0.25) is 0 Å². The minimum absolute atomic E-state index is 0.450. The summed E-state index contributed by atoms with van der Waals surface area (Å²) in [5.41, 5.74) is 0. The zero-order valence-corrected chi connectivity index (χ0v) is 13.0. The van der Waals surface area contributed by atoms with Crippen LogP contribution in [-0.4, -0.2) is 34.1 Å². The van der Waals surface area contributed by atoms with E-state index in [-0.39, 0.29) is 0 Å². The van der Waals surface area contributed by atoms with E-state index in [2.05, 4.69) is 26.9 Å². The number of nitrogens with one attached hydrogen (secondary N) is 2. The van der Waals surface area contributed by atoms with Crippen LogP contribution < -0.4 is 10.6 Å². The Morgan fingerprint density at radius 2 is 2.21 bits per heavy atom. The summed E-state index contributed by atoms with van der Waals surface area (Å²) in [6.45, 7) is 2.83. The molecule has 2 atom stereocenters. The maximum absolute atomic E-state index is 6.18. The standard InChI is InChI=1S/C13H21ClN4S/c1-3-15-13-16-8-9(14)12(18-13)17-10-6-4-5-7-11(10)19-2/h8,10-11H,3-7H2,1-2H3,(H2,15,16,17,18). The molecule has 1 heterocycles. The molecule has 2 rings (SSSR count). The second kappa shape index (κ2) is 7.20. The zero-order valence-electron chi connectivity index (χ0n) is 11.4. The molecule has 1 fully saturated rings. The maximum atomic E-state index is 6.18. The van der Waals surface area contributed by atoms with Crippen LogP contribution in [0.15, 0.2) is 6.20 Å². The quantitative estimate of drug-likeness (QED) is 0.869. The second-order valence-corrected chi connectivity index (χ2v) is 6.21. The minimum atomic E-state index is 0.450. The van der Waals surface area contributed by atoms with Crippen LogP contribution in [0, 0.1) is 0 Å². The van der Waals surface area contributed by atoms with Gasteiger partial charge in [0.2, 0.25) is 5.95 Å². The summed E-state index contributed by atoms with van der Waals surface area (Å²) in [6.07, 6.45) is 8.88. The molecule has 1 aliphatic rings. The van der Waals surface area contributed by atoms with E-state index in [0.29, 0.717) is 22.3 Å². The first kappa shape index (κ1) is 14.7. The molecule has 0 bridgehead atoms. The van der Waals surface area contributed by atoms with Crippen LogP contribution in [0.5, 0.6) is 0 Å². The van der Waals surface area contributed by atoms with Crippen molar-refractivity contribution in [3.8, 4) is 0 Å². The first-order valence-corrected chi connectivity index (χ1v) is 8.47. The van der Waals surface area contributed by atoms with E-state index >= 15 is 0 Å². The molecule has 0 aliphatic heterocycles. The van der Waals surface area contributed by atoms with Crippen molar-refractivity contribution in [3.63, 3.8) is 0 Å². The van der Waals surface area contributed by atoms with Crippen molar-refractivity contribution in [2.75, 3.05) is 23.4 Å². The Hall–Kier alpha value is -0.680. The molecule has 0 spiro atoms. The van der Waals surface area contributed by atoms with Crippen molar-refractivity contribution in [2.24, 2.45) is 0 Å². The van der Waals surface area contributed by atoms with Crippen LogP contribution in [0.4, 0.5) is 11.8 Å². The molecule has 1 saturated carbocycles. The van der Waals surface area contributed by atoms with Gasteiger partial charge in [0.15, 0.2) is 5.82 Å². The van der Waals surface area contributed by atoms with Gasteiger partial charge in [-0.15, -0.1) is 0 Å². The smallest absolute Gasteiger partial charge is 0.224 e. The molecule has 106 valence electrons. The van der Waals surface area contributed by atoms with Crippen molar-refractivity contribution in [3.05, 3.63) is 11.2 Å². The Labute approximate surface area is 124 Å². The van der Waals surface area contributed by atoms with Crippen LogP contribution in [0.25, 0.3) is 0 Å². The molecule has 2 N–H and O–H groups in total. The fraction of sp³-hybridized carbons (Fsp3) is 0.692. The average Bonchev–Trinajstić information content (AvgIpc) is 2.43. The van der Waals surface area contributed by atoms with Crippen LogP contribution in [0.1, 0.15) is 32.6 Å². The van der Waals surface area contributed by atoms with Gasteiger partial charge in [-0.2, -0.15) is 16.7 Å². The van der Waals surface area contributed by atoms with E-state index < -0.39 is 0 Å². The Balaban J connectivity index is 2.10. The van der Waals surface area contributed by atoms with E-state index in [1.165, 1.54) is 25.7 Å². The third-order valence-electron chi connectivity index (χ3n) is 3.41. The number of aromatic nitrogens is 2. The normalized spacial score (nSPS) is 23.1. The van der Waals surface area contributed by atoms with Crippen LogP contribution >= 0.6 is 23.4 Å². The Morgan fingerprint density at radius 1 is 1.42 bits per heavy atom. The largest absolute Gasteiger partial charge is 0.365 e. The van der Waals surface area contributed by atoms with Gasteiger partial charge >= 0.3 is 0 Å². The van der Waals surface area contributed by atoms with Crippen molar-refractivity contribution in [2.45, 2.75) is 43.9 Å². The van der Waals surface area contributed by atoms with Gasteiger partial charge < -0.3 is 10.6 Å². The number of rotatable bonds is 5. The van der Waals surface area contributed by atoms with E-state index in [0.717, 1.165) is 12.4 Å². The van der Waals surface area contributed by atoms with Crippen molar-refractivity contribution < 1.29 is 0 Å². The number of hydrogen-bond acceptors (Lipinski definition) is 5. The molecule has 0 amide bonds. The molecule has 1 aromatic rings. The highest BCUT2D eigenvalue weighted by atomic mass is 35.5. The average molecular weight is 301 g/mol. The lowest BCUT2D eigenvalue weighted by molar-refractivity contribution is 0.474. The first-order valence-electron chi connectivity index (χ1n) is 6.80. The van der Waals surface area contributed by atoms with E-state index in [1.54, 1.807) is 6.20 Å². The topological polar surface area (TPSA) is 49.8 Å². The number of nitrogens with zero attached hydrogens (tertiary/aromatic N) is 2. The zero-order chi connectivity index (χ0) is 13.7. The molecule has 6 heteroatoms. The van der Waals surface area contributed by atoms with E-state index in [9.17, 15) is 0 Å². The van der Waals surface area contributed by atoms with Crippen LogP contribution in [-0.2, 0) is 0 Å². The predicted octanol–water partition coefficient (Wildman–Crippen LogP) is 3.65. The lowest BCUT2D eigenvalue weighted by Gasteiger charge is -2.31. The van der Waals surface area contributed by atoms with E-state index in [1.807, 2.05) is 18.7 Å². The fourth-order valence-electron chi connectivity index (χ4n) is 2.43.